The highest BCUT2D eigenvalue weighted by Gasteiger charge is 2.43. The molecule has 3 unspecified atom stereocenters. The van der Waals surface area contributed by atoms with Crippen LogP contribution in [-0.2, 0) is 22.1 Å². The molecule has 0 saturated heterocycles. The van der Waals surface area contributed by atoms with Crippen LogP contribution >= 0.6 is 0 Å². The number of fused-ring (bicyclic) bond motifs is 1. The fourth-order valence-corrected chi connectivity index (χ4v) is 5.63. The van der Waals surface area contributed by atoms with Crippen LogP contribution in [0.4, 0.5) is 0 Å². The lowest BCUT2D eigenvalue weighted by molar-refractivity contribution is 0.0396. The molecule has 2 aromatic carbocycles. The number of methoxy groups -OCH3 is 1. The number of carbonyl (C=O) groups excluding carboxylic acids is 1. The lowest BCUT2D eigenvalue weighted by Crippen LogP contribution is -2.47. The van der Waals surface area contributed by atoms with Crippen molar-refractivity contribution in [1.82, 2.24) is 9.71 Å². The van der Waals surface area contributed by atoms with Gasteiger partial charge in [0.1, 0.15) is 24.5 Å². The molecular weight excluding hydrogens is 582 g/mol. The first-order valence-electron chi connectivity index (χ1n) is 14.3. The Kier molecular flexibility index (Phi) is 9.80. The number of aromatic nitrogens is 1. The Labute approximate surface area is 260 Å². The van der Waals surface area contributed by atoms with Gasteiger partial charge in [0.25, 0.3) is 0 Å². The van der Waals surface area contributed by atoms with Gasteiger partial charge in [-0.3, -0.25) is 4.79 Å². The molecule has 1 aliphatic heterocycles. The van der Waals surface area contributed by atoms with E-state index in [4.69, 9.17) is 24.3 Å². The Morgan fingerprint density at radius 2 is 1.86 bits per heavy atom. The molecule has 10 nitrogen and oxygen atoms in total. The zero-order valence-corrected chi connectivity index (χ0v) is 26.7. The maximum absolute atomic E-state index is 13.2. The van der Waals surface area contributed by atoms with E-state index >= 15 is 0 Å². The third-order valence-electron chi connectivity index (χ3n) is 7.46. The molecule has 234 valence electrons. The van der Waals surface area contributed by atoms with Crippen LogP contribution in [0.2, 0.25) is 0 Å². The van der Waals surface area contributed by atoms with Crippen molar-refractivity contribution in [2.45, 2.75) is 63.3 Å². The molecule has 3 atom stereocenters. The van der Waals surface area contributed by atoms with Gasteiger partial charge in [0.2, 0.25) is 0 Å². The summed E-state index contributed by atoms with van der Waals surface area (Å²) in [5.74, 6) is 1.07. The Morgan fingerprint density at radius 1 is 1.16 bits per heavy atom. The van der Waals surface area contributed by atoms with Gasteiger partial charge in [-0.1, -0.05) is 12.1 Å². The molecule has 0 bridgehead atoms. The average molecular weight is 622 g/mol. The summed E-state index contributed by atoms with van der Waals surface area (Å²) >= 11 is 0. The number of nitriles is 1. The molecule has 0 saturated carbocycles. The van der Waals surface area contributed by atoms with Gasteiger partial charge in [-0.25, -0.2) is 13.9 Å². The zero-order valence-electron chi connectivity index (χ0n) is 25.9. The van der Waals surface area contributed by atoms with Crippen LogP contribution in [0.1, 0.15) is 74.6 Å². The number of carbonyl (C=O) groups is 1. The highest BCUT2D eigenvalue weighted by Crippen LogP contribution is 2.45. The molecule has 1 aliphatic rings. The second kappa shape index (κ2) is 13.0. The fourth-order valence-electron chi connectivity index (χ4n) is 4.75. The number of ether oxygens (including phenoxy) is 3. The van der Waals surface area contributed by atoms with Gasteiger partial charge in [-0.2, -0.15) is 5.26 Å². The molecule has 3 N–H and O–H groups in total. The Bertz CT molecular complexity index is 1590. The number of nitrogens with one attached hydrogen (secondary N) is 1. The van der Waals surface area contributed by atoms with E-state index in [9.17, 15) is 19.4 Å². The summed E-state index contributed by atoms with van der Waals surface area (Å²) < 4.78 is 32.8. The van der Waals surface area contributed by atoms with Crippen LogP contribution < -0.4 is 18.9 Å². The summed E-state index contributed by atoms with van der Waals surface area (Å²) in [5, 5.41) is 30.1. The van der Waals surface area contributed by atoms with Gasteiger partial charge in [-0.15, -0.1) is 0 Å². The van der Waals surface area contributed by atoms with E-state index < -0.39 is 26.9 Å². The summed E-state index contributed by atoms with van der Waals surface area (Å²) in [6.45, 7) is 9.27. The first-order valence-corrected chi connectivity index (χ1v) is 15.4. The summed E-state index contributed by atoms with van der Waals surface area (Å²) in [7, 11) is 0.0471. The smallest absolute Gasteiger partial charge is 0.163 e. The van der Waals surface area contributed by atoms with Crippen molar-refractivity contribution in [1.29, 1.82) is 5.26 Å². The first-order chi connectivity index (χ1) is 20.7. The fraction of sp³-hybridized carbons (Fsp3) is 0.424. The largest absolute Gasteiger partial charge is 0.493 e. The molecule has 0 aliphatic carbocycles. The van der Waals surface area contributed by atoms with E-state index in [1.165, 1.54) is 7.11 Å². The van der Waals surface area contributed by atoms with Crippen LogP contribution in [0, 0.1) is 11.3 Å². The maximum atomic E-state index is 13.2. The molecule has 44 heavy (non-hydrogen) atoms. The first kappa shape index (κ1) is 33.1. The van der Waals surface area contributed by atoms with E-state index in [0.29, 0.717) is 50.9 Å². The number of hydrogen-bond donors (Lipinski definition) is 3. The Hall–Kier alpha value is -3.82. The summed E-state index contributed by atoms with van der Waals surface area (Å²) in [6, 6.07) is 15.6. The molecular formula is C33H39N3O7S. The molecule has 0 amide bonds. The summed E-state index contributed by atoms with van der Waals surface area (Å²) in [5.41, 5.74) is 0.688. The normalized spacial score (nSPS) is 18.0. The number of aliphatic hydroxyl groups is 2. The number of hydrogen-bond acceptors (Lipinski definition) is 9. The van der Waals surface area contributed by atoms with Gasteiger partial charge in [0, 0.05) is 23.1 Å². The minimum Gasteiger partial charge on any atom is -0.493 e. The minimum atomic E-state index is -1.52. The van der Waals surface area contributed by atoms with Gasteiger partial charge in [-0.05, 0) is 77.4 Å². The monoisotopic (exact) mass is 621 g/mol. The molecule has 3 aromatic rings. The summed E-state index contributed by atoms with van der Waals surface area (Å²) in [4.78, 5) is 18.0. The third kappa shape index (κ3) is 7.11. The molecule has 1 aromatic heterocycles. The van der Waals surface area contributed by atoms with E-state index in [2.05, 4.69) is 10.8 Å². The van der Waals surface area contributed by atoms with E-state index in [-0.39, 0.29) is 38.4 Å². The average Bonchev–Trinajstić information content (AvgIpc) is 3.33. The van der Waals surface area contributed by atoms with E-state index in [1.807, 2.05) is 27.7 Å². The Balaban J connectivity index is 1.68. The molecule has 2 heterocycles. The van der Waals surface area contributed by atoms with Crippen molar-refractivity contribution in [2.75, 3.05) is 26.9 Å². The molecule has 0 fully saturated rings. The molecule has 0 radical (unpaired) electrons. The quantitative estimate of drug-likeness (QED) is 0.248. The molecule has 11 heteroatoms. The SMILES string of the molecule is COc1cc(C(=O)CCC(C)(O)c2cc3c(c(-c4ccc(C#N)cc4)n2)OCC3(C)NS(=O)C(C)(C)C)ccc1OCCO. The number of rotatable bonds is 12. The number of pyridine rings is 1. The predicted octanol–water partition coefficient (Wildman–Crippen LogP) is 4.53. The van der Waals surface area contributed by atoms with Crippen molar-refractivity contribution in [3.8, 4) is 34.6 Å². The van der Waals surface area contributed by atoms with Gasteiger partial charge in [0.05, 0.1) is 52.3 Å². The highest BCUT2D eigenvalue weighted by atomic mass is 32.2. The predicted molar refractivity (Wildman–Crippen MR) is 167 cm³/mol. The topological polar surface area (TPSA) is 151 Å². The van der Waals surface area contributed by atoms with Gasteiger partial charge in [0.15, 0.2) is 23.0 Å². The van der Waals surface area contributed by atoms with Crippen molar-refractivity contribution < 1.29 is 33.4 Å². The van der Waals surface area contributed by atoms with Crippen molar-refractivity contribution in [3.63, 3.8) is 0 Å². The maximum Gasteiger partial charge on any atom is 0.163 e. The van der Waals surface area contributed by atoms with Crippen LogP contribution in [0.15, 0.2) is 48.5 Å². The van der Waals surface area contributed by atoms with E-state index in [0.717, 1.165) is 0 Å². The Morgan fingerprint density at radius 3 is 2.48 bits per heavy atom. The summed E-state index contributed by atoms with van der Waals surface area (Å²) in [6.07, 6.45) is 0.0758. The highest BCUT2D eigenvalue weighted by molar-refractivity contribution is 7.84. The van der Waals surface area contributed by atoms with Gasteiger partial charge >= 0.3 is 0 Å². The minimum absolute atomic E-state index is 0.0119. The van der Waals surface area contributed by atoms with Crippen LogP contribution in [0.5, 0.6) is 17.2 Å². The van der Waals surface area contributed by atoms with Crippen LogP contribution in [0.25, 0.3) is 11.3 Å². The number of aliphatic hydroxyl groups excluding tert-OH is 1. The zero-order chi connectivity index (χ0) is 32.3. The van der Waals surface area contributed by atoms with Crippen molar-refractivity contribution in [2.24, 2.45) is 0 Å². The number of ketones is 1. The van der Waals surface area contributed by atoms with Gasteiger partial charge < -0.3 is 24.4 Å². The molecule has 4 rings (SSSR count). The van der Waals surface area contributed by atoms with Crippen molar-refractivity contribution in [3.05, 3.63) is 70.9 Å². The molecule has 0 spiro atoms. The van der Waals surface area contributed by atoms with E-state index in [1.54, 1.807) is 55.5 Å². The third-order valence-corrected chi connectivity index (χ3v) is 9.21. The standard InChI is InChI=1S/C33H39N3O7S/c1-31(2,3)44(40)36-32(4)20-43-30-24(32)18-28(35-29(30)22-9-7-21(19-34)8-10-22)33(5,39)14-13-25(38)23-11-12-26(42-16-15-37)27(17-23)41-6/h7-12,17-18,36-37,39H,13-16,20H2,1-6H3. The number of Topliss-reactive ketones (excluding diaryl/α,β-unsaturated/α-hetero) is 1. The van der Waals surface area contributed by atoms with Crippen LogP contribution in [-0.4, -0.2) is 56.9 Å². The lowest BCUT2D eigenvalue weighted by Gasteiger charge is -2.30. The van der Waals surface area contributed by atoms with Crippen molar-refractivity contribution >= 4 is 16.8 Å². The number of benzene rings is 2. The lowest BCUT2D eigenvalue weighted by atomic mass is 9.88. The second-order valence-corrected chi connectivity index (χ2v) is 14.1. The van der Waals surface area contributed by atoms with Crippen LogP contribution in [0.3, 0.4) is 0 Å². The number of nitrogens with zero attached hydrogens (tertiary/aromatic N) is 2. The second-order valence-electron chi connectivity index (χ2n) is 12.2.